The van der Waals surface area contributed by atoms with Crippen LogP contribution in [0.2, 0.25) is 0 Å². The van der Waals surface area contributed by atoms with Gasteiger partial charge in [0.05, 0.1) is 13.2 Å². The van der Waals surface area contributed by atoms with E-state index in [-0.39, 0.29) is 17.8 Å². The van der Waals surface area contributed by atoms with E-state index in [4.69, 9.17) is 16.2 Å². The fourth-order valence-electron chi connectivity index (χ4n) is 4.06. The minimum absolute atomic E-state index is 0.0544. The summed E-state index contributed by atoms with van der Waals surface area (Å²) in [5, 5.41) is 2.98. The highest BCUT2D eigenvalue weighted by Gasteiger charge is 2.21. The lowest BCUT2D eigenvalue weighted by atomic mass is 10.1. The Hall–Kier alpha value is -3.59. The van der Waals surface area contributed by atoms with Crippen molar-refractivity contribution in [3.05, 3.63) is 59.7 Å². The smallest absolute Gasteiger partial charge is 0.253 e. The molecule has 7 rings (SSSR count). The van der Waals surface area contributed by atoms with Crippen molar-refractivity contribution >= 4 is 23.5 Å². The largest absolute Gasteiger partial charge is 0.494 e. The number of nitrogens with zero attached hydrogens (tertiary/aromatic N) is 4. The summed E-state index contributed by atoms with van der Waals surface area (Å²) >= 11 is 0. The zero-order chi connectivity index (χ0) is 23.8. The van der Waals surface area contributed by atoms with E-state index in [0.29, 0.717) is 18.7 Å². The summed E-state index contributed by atoms with van der Waals surface area (Å²) in [5.41, 5.74) is 14.3. The Labute approximate surface area is 200 Å². The second-order valence-corrected chi connectivity index (χ2v) is 8.56. The average molecular weight is 464 g/mol. The van der Waals surface area contributed by atoms with E-state index in [1.807, 2.05) is 41.3 Å². The van der Waals surface area contributed by atoms with Crippen LogP contribution in [0.1, 0.15) is 35.2 Å². The van der Waals surface area contributed by atoms with Crippen LogP contribution in [0, 0.1) is 0 Å². The topological polar surface area (TPSA) is 122 Å². The molecule has 2 aromatic carbocycles. The lowest BCUT2D eigenvalue weighted by Gasteiger charge is -2.34. The van der Waals surface area contributed by atoms with Crippen molar-refractivity contribution in [2.45, 2.75) is 25.8 Å². The van der Waals surface area contributed by atoms with Crippen LogP contribution in [0.4, 0.5) is 5.69 Å². The van der Waals surface area contributed by atoms with E-state index >= 15 is 0 Å². The van der Waals surface area contributed by atoms with Crippen molar-refractivity contribution in [2.75, 3.05) is 44.6 Å². The molecule has 1 saturated heterocycles. The Morgan fingerprint density at radius 2 is 1.59 bits per heavy atom. The van der Waals surface area contributed by atoms with Crippen LogP contribution < -0.4 is 21.5 Å². The van der Waals surface area contributed by atoms with Gasteiger partial charge in [-0.15, -0.1) is 0 Å². The Balaban J connectivity index is 1.46. The molecular formula is C25H33N7O2. The molecule has 9 heteroatoms. The summed E-state index contributed by atoms with van der Waals surface area (Å²) in [6.07, 6.45) is 3.27. The Morgan fingerprint density at radius 1 is 0.853 bits per heavy atom. The van der Waals surface area contributed by atoms with Crippen molar-refractivity contribution in [3.8, 4) is 5.75 Å². The third-order valence-electron chi connectivity index (χ3n) is 6.03. The summed E-state index contributed by atoms with van der Waals surface area (Å²) in [5.74, 6) is 1.12. The van der Waals surface area contributed by atoms with Crippen molar-refractivity contribution in [1.82, 2.24) is 9.80 Å². The fourth-order valence-corrected chi connectivity index (χ4v) is 4.06. The maximum absolute atomic E-state index is 12.9. The zero-order valence-corrected chi connectivity index (χ0v) is 19.4. The van der Waals surface area contributed by atoms with Crippen LogP contribution in [0.25, 0.3) is 0 Å². The standard InChI is InChI=1S/C25H33N7O2/c26-24-28-18-19-4-10-22(11-5-19)34-17-3-1-2-12-31-13-15-32(16-14-31)23(33)20-6-8-21(9-7-20)29-25(27)30-24/h4-11H,1-3,12-18H2,(H5,26,27,28,29,30). The number of nitrogens with two attached hydrogens (primary N) is 2. The summed E-state index contributed by atoms with van der Waals surface area (Å²) in [4.78, 5) is 25.6. The molecule has 6 bridgehead atoms. The molecule has 0 aromatic heterocycles. The fraction of sp³-hybridized carbons (Fsp3) is 0.400. The van der Waals surface area contributed by atoms with E-state index in [0.717, 1.165) is 69.0 Å². The average Bonchev–Trinajstić information content (AvgIpc) is 2.85. The van der Waals surface area contributed by atoms with Crippen LogP contribution >= 0.6 is 0 Å². The van der Waals surface area contributed by atoms with Crippen LogP contribution in [-0.4, -0.2) is 67.0 Å². The molecule has 0 unspecified atom stereocenters. The minimum Gasteiger partial charge on any atom is -0.494 e. The van der Waals surface area contributed by atoms with E-state index in [2.05, 4.69) is 20.2 Å². The molecule has 0 radical (unpaired) electrons. The lowest BCUT2D eigenvalue weighted by Crippen LogP contribution is -2.48. The number of rotatable bonds is 0. The number of ether oxygens (including phenoxy) is 1. The normalized spacial score (nSPS) is 18.9. The second-order valence-electron chi connectivity index (χ2n) is 8.56. The van der Waals surface area contributed by atoms with Gasteiger partial charge in [-0.05, 0) is 67.8 Å². The van der Waals surface area contributed by atoms with Gasteiger partial charge in [-0.25, -0.2) is 4.99 Å². The first-order valence-electron chi connectivity index (χ1n) is 11.8. The van der Waals surface area contributed by atoms with Crippen LogP contribution in [-0.2, 0) is 6.54 Å². The quantitative estimate of drug-likeness (QED) is 0.551. The maximum Gasteiger partial charge on any atom is 0.253 e. The number of amides is 1. The maximum atomic E-state index is 12.9. The summed E-state index contributed by atoms with van der Waals surface area (Å²) < 4.78 is 5.86. The molecule has 5 N–H and O–H groups in total. The second kappa shape index (κ2) is 11.5. The van der Waals surface area contributed by atoms with Gasteiger partial charge in [0.15, 0.2) is 0 Å². The zero-order valence-electron chi connectivity index (χ0n) is 19.4. The van der Waals surface area contributed by atoms with E-state index < -0.39 is 0 Å². The highest BCUT2D eigenvalue weighted by atomic mass is 16.5. The van der Waals surface area contributed by atoms with Crippen molar-refractivity contribution in [2.24, 2.45) is 21.5 Å². The molecule has 0 atom stereocenters. The SMILES string of the molecule is NC1=NCc2ccc(cc2)OCCCCCN2CCN(CC2)C(=O)c2ccc(cc2)NC(N)=N1. The number of piperazine rings is 1. The first-order valence-corrected chi connectivity index (χ1v) is 11.8. The number of fused-ring (bicyclic) bond motifs is 3. The molecule has 5 aliphatic heterocycles. The summed E-state index contributed by atoms with van der Waals surface area (Å²) in [7, 11) is 0. The number of carbonyl (C=O) groups excluding carboxylic acids is 1. The molecular weight excluding hydrogens is 430 g/mol. The number of hydrogen-bond donors (Lipinski definition) is 3. The molecule has 0 spiro atoms. The molecule has 5 heterocycles. The number of carbonyl (C=O) groups is 1. The van der Waals surface area contributed by atoms with Crippen LogP contribution in [0.15, 0.2) is 58.5 Å². The lowest BCUT2D eigenvalue weighted by molar-refractivity contribution is 0.0635. The van der Waals surface area contributed by atoms with Gasteiger partial charge >= 0.3 is 0 Å². The molecule has 2 aromatic rings. The predicted molar refractivity (Wildman–Crippen MR) is 135 cm³/mol. The van der Waals surface area contributed by atoms with Gasteiger partial charge in [0.25, 0.3) is 5.91 Å². The molecule has 9 nitrogen and oxygen atoms in total. The first kappa shape index (κ1) is 23.6. The molecule has 0 aliphatic carbocycles. The first-order chi connectivity index (χ1) is 16.6. The number of nitrogens with one attached hydrogen (secondary N) is 1. The Bertz CT molecular complexity index is 1010. The molecule has 1 amide bonds. The Kier molecular flexibility index (Phi) is 7.98. The Morgan fingerprint density at radius 3 is 2.32 bits per heavy atom. The third kappa shape index (κ3) is 6.71. The van der Waals surface area contributed by atoms with Gasteiger partial charge in [0.2, 0.25) is 11.9 Å². The van der Waals surface area contributed by atoms with Gasteiger partial charge in [-0.3, -0.25) is 9.69 Å². The van der Waals surface area contributed by atoms with Gasteiger partial charge < -0.3 is 26.4 Å². The molecule has 0 saturated carbocycles. The number of benzene rings is 2. The molecule has 5 aliphatic rings. The van der Waals surface area contributed by atoms with E-state index in [9.17, 15) is 4.79 Å². The van der Waals surface area contributed by atoms with Gasteiger partial charge in [0, 0.05) is 37.4 Å². The molecule has 180 valence electrons. The van der Waals surface area contributed by atoms with Crippen molar-refractivity contribution < 1.29 is 9.53 Å². The highest BCUT2D eigenvalue weighted by molar-refractivity contribution is 6.01. The van der Waals surface area contributed by atoms with Crippen LogP contribution in [0.3, 0.4) is 0 Å². The van der Waals surface area contributed by atoms with Gasteiger partial charge in [-0.2, -0.15) is 4.99 Å². The molecule has 1 fully saturated rings. The monoisotopic (exact) mass is 463 g/mol. The summed E-state index contributed by atoms with van der Waals surface area (Å²) in [6, 6.07) is 15.1. The van der Waals surface area contributed by atoms with E-state index in [1.165, 1.54) is 0 Å². The summed E-state index contributed by atoms with van der Waals surface area (Å²) in [6.45, 7) is 5.46. The number of hydrogen-bond acceptors (Lipinski definition) is 8. The minimum atomic E-state index is 0.0544. The number of aliphatic imine (C=N–C) groups is 2. The van der Waals surface area contributed by atoms with Crippen molar-refractivity contribution in [3.63, 3.8) is 0 Å². The third-order valence-corrected chi connectivity index (χ3v) is 6.03. The van der Waals surface area contributed by atoms with E-state index in [1.54, 1.807) is 12.1 Å². The molecule has 34 heavy (non-hydrogen) atoms. The van der Waals surface area contributed by atoms with Crippen molar-refractivity contribution in [1.29, 1.82) is 0 Å². The predicted octanol–water partition coefficient (Wildman–Crippen LogP) is 2.25. The highest BCUT2D eigenvalue weighted by Crippen LogP contribution is 2.15. The van der Waals surface area contributed by atoms with Gasteiger partial charge in [0.1, 0.15) is 5.75 Å². The number of anilines is 1. The number of guanidine groups is 2. The van der Waals surface area contributed by atoms with Crippen LogP contribution in [0.5, 0.6) is 5.75 Å². The van der Waals surface area contributed by atoms with Gasteiger partial charge in [-0.1, -0.05) is 12.1 Å².